The Labute approximate surface area is 196 Å². The minimum absolute atomic E-state index is 0.0133. The van der Waals surface area contributed by atoms with Gasteiger partial charge in [-0.1, -0.05) is 35.9 Å². The molecule has 0 aliphatic rings. The molecule has 5 aromatic rings. The Morgan fingerprint density at radius 3 is 2.26 bits per heavy atom. The van der Waals surface area contributed by atoms with E-state index in [0.29, 0.717) is 34.5 Å². The second-order valence-corrected chi connectivity index (χ2v) is 7.89. The first-order chi connectivity index (χ1) is 16.6. The Bertz CT molecular complexity index is 1430. The van der Waals surface area contributed by atoms with Crippen LogP contribution in [-0.2, 0) is 11.3 Å². The van der Waals surface area contributed by atoms with Crippen molar-refractivity contribution in [2.24, 2.45) is 0 Å². The van der Waals surface area contributed by atoms with Gasteiger partial charge in [0.25, 0.3) is 0 Å². The largest absolute Gasteiger partial charge is 0.455 e. The van der Waals surface area contributed by atoms with Gasteiger partial charge in [-0.15, -0.1) is 10.2 Å². The van der Waals surface area contributed by atoms with Gasteiger partial charge in [0.1, 0.15) is 18.6 Å². The average molecular weight is 451 g/mol. The van der Waals surface area contributed by atoms with Crippen LogP contribution in [0.4, 0.5) is 0 Å². The average Bonchev–Trinajstić information content (AvgIpc) is 3.54. The topological polar surface area (TPSA) is 91.2 Å². The van der Waals surface area contributed by atoms with E-state index in [-0.39, 0.29) is 6.61 Å². The fourth-order valence-electron chi connectivity index (χ4n) is 3.44. The Morgan fingerprint density at radius 1 is 0.824 bits per heavy atom. The van der Waals surface area contributed by atoms with Crippen LogP contribution in [0.5, 0.6) is 0 Å². The predicted molar refractivity (Wildman–Crippen MR) is 126 cm³/mol. The van der Waals surface area contributed by atoms with Crippen LogP contribution in [0, 0.1) is 13.8 Å². The number of aromatic nitrogens is 3. The summed E-state index contributed by atoms with van der Waals surface area (Å²) in [4.78, 5) is 16.9. The molecule has 3 aromatic carbocycles. The van der Waals surface area contributed by atoms with Crippen molar-refractivity contribution in [3.63, 3.8) is 0 Å². The molecule has 0 atom stereocenters. The van der Waals surface area contributed by atoms with Crippen LogP contribution in [0.2, 0.25) is 0 Å². The standard InChI is InChI=1S/C27H21N3O4/c1-17-7-9-19(10-8-17)24-28-22(15-32-24)16-33-27(31)21-13-11-20(12-14-21)25-29-30-26(34-25)23-6-4-3-5-18(23)2/h3-15H,16H2,1-2H3. The molecule has 0 saturated carbocycles. The molecule has 5 rings (SSSR count). The van der Waals surface area contributed by atoms with Gasteiger partial charge in [0.15, 0.2) is 0 Å². The lowest BCUT2D eigenvalue weighted by molar-refractivity contribution is 0.0468. The summed E-state index contributed by atoms with van der Waals surface area (Å²) in [7, 11) is 0. The fourth-order valence-corrected chi connectivity index (χ4v) is 3.44. The second kappa shape index (κ2) is 9.15. The number of nitrogens with zero attached hydrogens (tertiary/aromatic N) is 3. The Hall–Kier alpha value is -4.52. The molecule has 34 heavy (non-hydrogen) atoms. The summed E-state index contributed by atoms with van der Waals surface area (Å²) >= 11 is 0. The molecule has 7 heteroatoms. The first-order valence-corrected chi connectivity index (χ1v) is 10.8. The molecular weight excluding hydrogens is 430 g/mol. The highest BCUT2D eigenvalue weighted by molar-refractivity contribution is 5.89. The molecule has 168 valence electrons. The first-order valence-electron chi connectivity index (χ1n) is 10.8. The van der Waals surface area contributed by atoms with Gasteiger partial charge >= 0.3 is 5.97 Å². The molecular formula is C27H21N3O4. The molecule has 0 fully saturated rings. The molecule has 2 aromatic heterocycles. The van der Waals surface area contributed by atoms with Gasteiger partial charge in [-0.2, -0.15) is 0 Å². The summed E-state index contributed by atoms with van der Waals surface area (Å²) in [5, 5.41) is 8.28. The number of carbonyl (C=O) groups is 1. The molecule has 0 aliphatic carbocycles. The third kappa shape index (κ3) is 4.49. The molecule has 0 N–H and O–H groups in total. The van der Waals surface area contributed by atoms with Crippen molar-refractivity contribution in [1.82, 2.24) is 15.2 Å². The van der Waals surface area contributed by atoms with Gasteiger partial charge in [-0.3, -0.25) is 0 Å². The summed E-state index contributed by atoms with van der Waals surface area (Å²) in [5.74, 6) is 0.858. The number of hydrogen-bond donors (Lipinski definition) is 0. The SMILES string of the molecule is Cc1ccc(-c2nc(COC(=O)c3ccc(-c4nnc(-c5ccccc5C)o4)cc3)co2)cc1. The maximum atomic E-state index is 12.5. The molecule has 0 radical (unpaired) electrons. The highest BCUT2D eigenvalue weighted by Gasteiger charge is 2.14. The smallest absolute Gasteiger partial charge is 0.338 e. The minimum Gasteiger partial charge on any atom is -0.455 e. The van der Waals surface area contributed by atoms with Gasteiger partial charge in [-0.25, -0.2) is 9.78 Å². The van der Waals surface area contributed by atoms with Crippen molar-refractivity contribution in [3.05, 3.63) is 101 Å². The highest BCUT2D eigenvalue weighted by Crippen LogP contribution is 2.26. The van der Waals surface area contributed by atoms with Crippen molar-refractivity contribution in [2.75, 3.05) is 0 Å². The maximum absolute atomic E-state index is 12.5. The molecule has 7 nitrogen and oxygen atoms in total. The fraction of sp³-hybridized carbons (Fsp3) is 0.111. The molecule has 0 unspecified atom stereocenters. The first kappa shape index (κ1) is 21.3. The Balaban J connectivity index is 1.23. The van der Waals surface area contributed by atoms with Crippen LogP contribution >= 0.6 is 0 Å². The van der Waals surface area contributed by atoms with E-state index in [2.05, 4.69) is 15.2 Å². The van der Waals surface area contributed by atoms with Gasteiger partial charge < -0.3 is 13.6 Å². The number of carbonyl (C=O) groups excluding carboxylic acids is 1. The zero-order valence-electron chi connectivity index (χ0n) is 18.7. The minimum atomic E-state index is -0.461. The zero-order chi connectivity index (χ0) is 23.5. The van der Waals surface area contributed by atoms with E-state index >= 15 is 0 Å². The zero-order valence-corrected chi connectivity index (χ0v) is 18.7. The normalized spacial score (nSPS) is 10.9. The number of benzene rings is 3. The van der Waals surface area contributed by atoms with E-state index in [1.807, 2.05) is 62.4 Å². The van der Waals surface area contributed by atoms with Gasteiger partial charge in [0.05, 0.1) is 5.56 Å². The van der Waals surface area contributed by atoms with Crippen molar-refractivity contribution < 1.29 is 18.4 Å². The van der Waals surface area contributed by atoms with E-state index in [1.54, 1.807) is 24.3 Å². The lowest BCUT2D eigenvalue weighted by Crippen LogP contribution is -2.05. The number of aryl methyl sites for hydroxylation is 2. The van der Waals surface area contributed by atoms with Crippen LogP contribution in [-0.4, -0.2) is 21.2 Å². The summed E-state index contributed by atoms with van der Waals surface area (Å²) in [6.45, 7) is 4.02. The van der Waals surface area contributed by atoms with Crippen LogP contribution in [0.15, 0.2) is 87.9 Å². The molecule has 0 bridgehead atoms. The van der Waals surface area contributed by atoms with Crippen LogP contribution < -0.4 is 0 Å². The number of ether oxygens (including phenoxy) is 1. The van der Waals surface area contributed by atoms with Crippen molar-refractivity contribution in [2.45, 2.75) is 20.5 Å². The molecule has 0 aliphatic heterocycles. The number of hydrogen-bond acceptors (Lipinski definition) is 7. The summed E-state index contributed by atoms with van der Waals surface area (Å²) in [6, 6.07) is 22.5. The molecule has 0 spiro atoms. The summed E-state index contributed by atoms with van der Waals surface area (Å²) < 4.78 is 16.7. The van der Waals surface area contributed by atoms with Gasteiger partial charge in [0.2, 0.25) is 17.7 Å². The molecule has 0 amide bonds. The third-order valence-corrected chi connectivity index (χ3v) is 5.37. The van der Waals surface area contributed by atoms with Crippen molar-refractivity contribution in [1.29, 1.82) is 0 Å². The monoisotopic (exact) mass is 451 g/mol. The van der Waals surface area contributed by atoms with E-state index < -0.39 is 5.97 Å². The van der Waals surface area contributed by atoms with E-state index in [1.165, 1.54) is 6.26 Å². The highest BCUT2D eigenvalue weighted by atomic mass is 16.5. The predicted octanol–water partition coefficient (Wildman–Crippen LogP) is 6.03. The summed E-state index contributed by atoms with van der Waals surface area (Å²) in [5.41, 5.74) is 5.61. The lowest BCUT2D eigenvalue weighted by atomic mass is 10.1. The molecule has 2 heterocycles. The summed E-state index contributed by atoms with van der Waals surface area (Å²) in [6.07, 6.45) is 1.49. The van der Waals surface area contributed by atoms with Crippen molar-refractivity contribution in [3.8, 4) is 34.4 Å². The number of rotatable bonds is 6. The van der Waals surface area contributed by atoms with Crippen LogP contribution in [0.3, 0.4) is 0 Å². The van der Waals surface area contributed by atoms with E-state index in [4.69, 9.17) is 13.6 Å². The molecule has 0 saturated heterocycles. The Morgan fingerprint density at radius 2 is 1.50 bits per heavy atom. The third-order valence-electron chi connectivity index (χ3n) is 5.37. The van der Waals surface area contributed by atoms with Crippen LogP contribution in [0.25, 0.3) is 34.4 Å². The maximum Gasteiger partial charge on any atom is 0.338 e. The quantitative estimate of drug-likeness (QED) is 0.291. The Kier molecular flexibility index (Phi) is 5.74. The van der Waals surface area contributed by atoms with Gasteiger partial charge in [0, 0.05) is 16.7 Å². The lowest BCUT2D eigenvalue weighted by Gasteiger charge is -2.03. The van der Waals surface area contributed by atoms with Crippen LogP contribution in [0.1, 0.15) is 27.2 Å². The number of oxazole rings is 1. The van der Waals surface area contributed by atoms with E-state index in [9.17, 15) is 4.79 Å². The van der Waals surface area contributed by atoms with Gasteiger partial charge in [-0.05, 0) is 61.9 Å². The van der Waals surface area contributed by atoms with E-state index in [0.717, 1.165) is 22.3 Å². The van der Waals surface area contributed by atoms with Crippen molar-refractivity contribution >= 4 is 5.97 Å². The second-order valence-electron chi connectivity index (χ2n) is 7.89. The number of esters is 1.